The van der Waals surface area contributed by atoms with Crippen LogP contribution in [0.25, 0.3) is 11.5 Å². The van der Waals surface area contributed by atoms with Gasteiger partial charge in [-0.1, -0.05) is 12.1 Å². The van der Waals surface area contributed by atoms with E-state index in [4.69, 9.17) is 13.9 Å². The van der Waals surface area contributed by atoms with Crippen molar-refractivity contribution >= 4 is 5.91 Å². The Bertz CT molecular complexity index is 997. The Balaban J connectivity index is 1.35. The predicted molar refractivity (Wildman–Crippen MR) is 95.6 cm³/mol. The lowest BCUT2D eigenvalue weighted by atomic mass is 10.2. The van der Waals surface area contributed by atoms with E-state index in [1.807, 2.05) is 12.1 Å². The molecular formula is C19H17N3O5. The summed E-state index contributed by atoms with van der Waals surface area (Å²) in [4.78, 5) is 24.3. The smallest absolute Gasteiger partial charge is 0.266 e. The molecule has 8 heteroatoms. The average molecular weight is 367 g/mol. The molecule has 1 atom stereocenters. The summed E-state index contributed by atoms with van der Waals surface area (Å²) in [6.07, 6.45) is 0.802. The van der Waals surface area contributed by atoms with Crippen LogP contribution in [-0.4, -0.2) is 34.9 Å². The molecule has 4 rings (SSSR count). The van der Waals surface area contributed by atoms with E-state index in [1.165, 1.54) is 17.0 Å². The maximum Gasteiger partial charge on any atom is 0.266 e. The minimum Gasteiger partial charge on any atom is -0.485 e. The Labute approximate surface area is 154 Å². The lowest BCUT2D eigenvalue weighted by Gasteiger charge is -2.25. The second-order valence-corrected chi connectivity index (χ2v) is 5.91. The molecule has 1 unspecified atom stereocenters. The highest BCUT2D eigenvalue weighted by molar-refractivity contribution is 5.81. The standard InChI is InChI=1S/C19H17N3O5/c23-18-8-7-13(14-6-3-11-25-14)21-22(18)10-9-20-19(24)17-12-26-15-4-1-2-5-16(15)27-17/h1-8,11,17H,9-10,12H2,(H,20,24). The zero-order chi connectivity index (χ0) is 18.6. The minimum atomic E-state index is -0.737. The van der Waals surface area contributed by atoms with E-state index in [0.29, 0.717) is 23.0 Å². The first kappa shape index (κ1) is 16.9. The zero-order valence-corrected chi connectivity index (χ0v) is 14.3. The van der Waals surface area contributed by atoms with Crippen LogP contribution in [0.2, 0.25) is 0 Å². The Hall–Kier alpha value is -3.55. The molecule has 3 heterocycles. The highest BCUT2D eigenvalue weighted by Crippen LogP contribution is 2.30. The van der Waals surface area contributed by atoms with Crippen molar-refractivity contribution in [2.45, 2.75) is 12.6 Å². The maximum absolute atomic E-state index is 12.3. The second-order valence-electron chi connectivity index (χ2n) is 5.91. The third kappa shape index (κ3) is 3.69. The molecule has 27 heavy (non-hydrogen) atoms. The van der Waals surface area contributed by atoms with Crippen LogP contribution >= 0.6 is 0 Å². The molecule has 0 aliphatic carbocycles. The number of hydrogen-bond acceptors (Lipinski definition) is 6. The van der Waals surface area contributed by atoms with Gasteiger partial charge in [-0.2, -0.15) is 5.10 Å². The molecule has 0 bridgehead atoms. The third-order valence-corrected chi connectivity index (χ3v) is 4.06. The summed E-state index contributed by atoms with van der Waals surface area (Å²) in [6.45, 7) is 0.590. The first-order valence-corrected chi connectivity index (χ1v) is 8.49. The minimum absolute atomic E-state index is 0.134. The van der Waals surface area contributed by atoms with Crippen molar-refractivity contribution in [3.63, 3.8) is 0 Å². The van der Waals surface area contributed by atoms with Crippen LogP contribution in [0.3, 0.4) is 0 Å². The first-order chi connectivity index (χ1) is 13.2. The van der Waals surface area contributed by atoms with Crippen LogP contribution in [0.4, 0.5) is 0 Å². The Morgan fingerprint density at radius 1 is 1.15 bits per heavy atom. The lowest BCUT2D eigenvalue weighted by molar-refractivity contribution is -0.130. The molecule has 1 aromatic carbocycles. The monoisotopic (exact) mass is 367 g/mol. The fraction of sp³-hybridized carbons (Fsp3) is 0.211. The van der Waals surface area contributed by atoms with Crippen molar-refractivity contribution in [3.05, 3.63) is 65.1 Å². The molecule has 8 nitrogen and oxygen atoms in total. The van der Waals surface area contributed by atoms with E-state index in [-0.39, 0.29) is 31.2 Å². The molecule has 0 saturated heterocycles. The quantitative estimate of drug-likeness (QED) is 0.734. The summed E-state index contributed by atoms with van der Waals surface area (Å²) in [5.74, 6) is 1.42. The van der Waals surface area contributed by atoms with Crippen molar-refractivity contribution in [1.29, 1.82) is 0 Å². The van der Waals surface area contributed by atoms with Gasteiger partial charge in [0.2, 0.25) is 6.10 Å². The fourth-order valence-corrected chi connectivity index (χ4v) is 2.71. The van der Waals surface area contributed by atoms with Gasteiger partial charge in [0, 0.05) is 12.6 Å². The summed E-state index contributed by atoms with van der Waals surface area (Å²) in [5, 5.41) is 7.00. The van der Waals surface area contributed by atoms with Crippen LogP contribution in [-0.2, 0) is 11.3 Å². The Kier molecular flexibility index (Phi) is 4.61. The van der Waals surface area contributed by atoms with Crippen LogP contribution in [0.1, 0.15) is 0 Å². The highest BCUT2D eigenvalue weighted by Gasteiger charge is 2.26. The number of carbonyl (C=O) groups is 1. The molecule has 0 saturated carbocycles. The van der Waals surface area contributed by atoms with Gasteiger partial charge >= 0.3 is 0 Å². The van der Waals surface area contributed by atoms with Crippen LogP contribution in [0.15, 0.2) is 64.0 Å². The molecule has 0 radical (unpaired) electrons. The first-order valence-electron chi connectivity index (χ1n) is 8.49. The molecule has 3 aromatic rings. The van der Waals surface area contributed by atoms with E-state index in [0.717, 1.165) is 0 Å². The number of rotatable bonds is 5. The van der Waals surface area contributed by atoms with E-state index < -0.39 is 6.10 Å². The molecule has 1 N–H and O–H groups in total. The number of amides is 1. The topological polar surface area (TPSA) is 95.6 Å². The van der Waals surface area contributed by atoms with Gasteiger partial charge in [-0.25, -0.2) is 4.68 Å². The number of benzene rings is 1. The fourth-order valence-electron chi connectivity index (χ4n) is 2.71. The van der Waals surface area contributed by atoms with Gasteiger partial charge in [-0.15, -0.1) is 0 Å². The molecular weight excluding hydrogens is 350 g/mol. The van der Waals surface area contributed by atoms with Crippen molar-refractivity contribution < 1.29 is 18.7 Å². The van der Waals surface area contributed by atoms with Crippen LogP contribution in [0.5, 0.6) is 11.5 Å². The predicted octanol–water partition coefficient (Wildman–Crippen LogP) is 1.46. The van der Waals surface area contributed by atoms with Crippen molar-refractivity contribution in [1.82, 2.24) is 15.1 Å². The van der Waals surface area contributed by atoms with Gasteiger partial charge in [0.15, 0.2) is 17.3 Å². The zero-order valence-electron chi connectivity index (χ0n) is 14.3. The van der Waals surface area contributed by atoms with E-state index in [1.54, 1.807) is 30.3 Å². The summed E-state index contributed by atoms with van der Waals surface area (Å²) < 4.78 is 17.8. The Morgan fingerprint density at radius 3 is 2.81 bits per heavy atom. The number of fused-ring (bicyclic) bond motifs is 1. The van der Waals surface area contributed by atoms with Crippen molar-refractivity contribution in [3.8, 4) is 23.0 Å². The molecule has 0 fully saturated rings. The Morgan fingerprint density at radius 2 is 2.00 bits per heavy atom. The molecule has 1 aliphatic heterocycles. The largest absolute Gasteiger partial charge is 0.485 e. The van der Waals surface area contributed by atoms with Gasteiger partial charge in [0.05, 0.1) is 12.8 Å². The summed E-state index contributed by atoms with van der Waals surface area (Å²) in [6, 6.07) is 13.7. The number of hydrogen-bond donors (Lipinski definition) is 1. The van der Waals surface area contributed by atoms with Crippen molar-refractivity contribution in [2.24, 2.45) is 0 Å². The van der Waals surface area contributed by atoms with Gasteiger partial charge in [-0.05, 0) is 30.3 Å². The highest BCUT2D eigenvalue weighted by atomic mass is 16.6. The van der Waals surface area contributed by atoms with Gasteiger partial charge < -0.3 is 19.2 Å². The number of nitrogens with zero attached hydrogens (tertiary/aromatic N) is 2. The van der Waals surface area contributed by atoms with Crippen LogP contribution in [0, 0.1) is 0 Å². The molecule has 1 aliphatic rings. The maximum atomic E-state index is 12.3. The molecule has 2 aromatic heterocycles. The van der Waals surface area contributed by atoms with E-state index >= 15 is 0 Å². The van der Waals surface area contributed by atoms with Crippen molar-refractivity contribution in [2.75, 3.05) is 13.2 Å². The normalized spacial score (nSPS) is 15.3. The average Bonchev–Trinajstić information content (AvgIpc) is 3.24. The number of furan rings is 1. The van der Waals surface area contributed by atoms with Gasteiger partial charge in [-0.3, -0.25) is 9.59 Å². The lowest BCUT2D eigenvalue weighted by Crippen LogP contribution is -2.45. The summed E-state index contributed by atoms with van der Waals surface area (Å²) in [7, 11) is 0. The molecule has 138 valence electrons. The molecule has 0 spiro atoms. The number of para-hydroxylation sites is 2. The summed E-state index contributed by atoms with van der Waals surface area (Å²) >= 11 is 0. The second kappa shape index (κ2) is 7.36. The SMILES string of the molecule is O=C(NCCn1nc(-c2ccco2)ccc1=O)C1COc2ccccc2O1. The number of aromatic nitrogens is 2. The van der Waals surface area contributed by atoms with Crippen LogP contribution < -0.4 is 20.3 Å². The molecule has 1 amide bonds. The number of nitrogens with one attached hydrogen (secondary N) is 1. The van der Waals surface area contributed by atoms with Gasteiger partial charge in [0.1, 0.15) is 12.3 Å². The number of ether oxygens (including phenoxy) is 2. The summed E-state index contributed by atoms with van der Waals surface area (Å²) in [5.41, 5.74) is 0.289. The van der Waals surface area contributed by atoms with E-state index in [2.05, 4.69) is 10.4 Å². The third-order valence-electron chi connectivity index (χ3n) is 4.06. The van der Waals surface area contributed by atoms with Gasteiger partial charge in [0.25, 0.3) is 11.5 Å². The number of carbonyl (C=O) groups excluding carboxylic acids is 1. The van der Waals surface area contributed by atoms with E-state index in [9.17, 15) is 9.59 Å².